The Balaban J connectivity index is 1.44. The SMILES string of the molecule is CNS(=O)(=O)c1ccc(-c2ccc(/C=C3/SC(=S)N(C4CCCC(C(=O)OCCCO)C4)C3=O)o2)cc1. The Hall–Kier alpha value is -2.51. The molecule has 1 aromatic carbocycles. The van der Waals surface area contributed by atoms with Gasteiger partial charge in [0.25, 0.3) is 5.91 Å². The standard InChI is InChI=1S/C25H28N2O7S3/c1-26-37(31,32)20-9-6-16(7-10-20)21-11-8-19(34-21)15-22-23(29)27(25(35)36-22)18-5-2-4-17(14-18)24(30)33-13-3-12-28/h6-11,15,17-18,26,28H,2-5,12-14H2,1H3/b22-15+. The quantitative estimate of drug-likeness (QED) is 0.204. The molecule has 2 atom stereocenters. The summed E-state index contributed by atoms with van der Waals surface area (Å²) in [5, 5.41) is 8.88. The zero-order chi connectivity index (χ0) is 26.6. The third-order valence-electron chi connectivity index (χ3n) is 6.33. The van der Waals surface area contributed by atoms with Crippen molar-refractivity contribution in [3.63, 3.8) is 0 Å². The smallest absolute Gasteiger partial charge is 0.309 e. The molecule has 2 fully saturated rings. The molecule has 2 unspecified atom stereocenters. The maximum atomic E-state index is 13.2. The Morgan fingerprint density at radius 1 is 1.27 bits per heavy atom. The average Bonchev–Trinajstić information content (AvgIpc) is 3.48. The Morgan fingerprint density at radius 2 is 2.03 bits per heavy atom. The van der Waals surface area contributed by atoms with E-state index in [1.807, 2.05) is 0 Å². The summed E-state index contributed by atoms with van der Waals surface area (Å²) in [7, 11) is -2.18. The van der Waals surface area contributed by atoms with E-state index in [4.69, 9.17) is 26.5 Å². The highest BCUT2D eigenvalue weighted by Crippen LogP contribution is 2.39. The first kappa shape index (κ1) is 27.5. The van der Waals surface area contributed by atoms with Crippen LogP contribution in [0.3, 0.4) is 0 Å². The highest BCUT2D eigenvalue weighted by atomic mass is 32.2. The van der Waals surface area contributed by atoms with Gasteiger partial charge < -0.3 is 14.3 Å². The second kappa shape index (κ2) is 11.9. The van der Waals surface area contributed by atoms with E-state index in [1.165, 1.54) is 30.9 Å². The van der Waals surface area contributed by atoms with Crippen LogP contribution in [0.15, 0.2) is 50.6 Å². The van der Waals surface area contributed by atoms with Crippen molar-refractivity contribution in [2.75, 3.05) is 20.3 Å². The van der Waals surface area contributed by atoms with E-state index in [0.717, 1.165) is 12.8 Å². The number of nitrogens with zero attached hydrogens (tertiary/aromatic N) is 1. The van der Waals surface area contributed by atoms with Crippen LogP contribution in [0.2, 0.25) is 0 Å². The number of aliphatic hydroxyl groups is 1. The first-order valence-electron chi connectivity index (χ1n) is 11.9. The van der Waals surface area contributed by atoms with E-state index in [2.05, 4.69) is 4.72 Å². The molecule has 1 amide bonds. The van der Waals surface area contributed by atoms with Crippen molar-refractivity contribution in [1.82, 2.24) is 9.62 Å². The summed E-state index contributed by atoms with van der Waals surface area (Å²) >= 11 is 6.71. The van der Waals surface area contributed by atoms with Gasteiger partial charge in [0.15, 0.2) is 0 Å². The minimum Gasteiger partial charge on any atom is -0.465 e. The number of amides is 1. The van der Waals surface area contributed by atoms with Crippen molar-refractivity contribution < 1.29 is 32.3 Å². The second-order valence-corrected chi connectivity index (χ2v) is 12.3. The first-order chi connectivity index (χ1) is 17.7. The van der Waals surface area contributed by atoms with E-state index < -0.39 is 10.0 Å². The van der Waals surface area contributed by atoms with Crippen LogP contribution in [-0.4, -0.2) is 60.9 Å². The lowest BCUT2D eigenvalue weighted by Crippen LogP contribution is -2.43. The van der Waals surface area contributed by atoms with Crippen LogP contribution < -0.4 is 4.72 Å². The van der Waals surface area contributed by atoms with Crippen LogP contribution in [-0.2, 0) is 24.3 Å². The number of benzene rings is 1. The summed E-state index contributed by atoms with van der Waals surface area (Å²) in [5.74, 6) is 0.197. The molecule has 37 heavy (non-hydrogen) atoms. The van der Waals surface area contributed by atoms with Gasteiger partial charge in [0.1, 0.15) is 15.8 Å². The molecule has 2 aliphatic rings. The monoisotopic (exact) mass is 564 g/mol. The number of esters is 1. The molecule has 2 aromatic rings. The molecule has 2 heterocycles. The number of rotatable bonds is 9. The number of ether oxygens (including phenoxy) is 1. The van der Waals surface area contributed by atoms with Gasteiger partial charge in [0, 0.05) is 30.7 Å². The topological polar surface area (TPSA) is 126 Å². The Bertz CT molecular complexity index is 1300. The number of carbonyl (C=O) groups is 2. The number of hydrogen-bond acceptors (Lipinski definition) is 9. The normalized spacial score (nSPS) is 21.6. The molecule has 1 aliphatic heterocycles. The van der Waals surface area contributed by atoms with Gasteiger partial charge in [0.2, 0.25) is 10.0 Å². The van der Waals surface area contributed by atoms with Crippen LogP contribution >= 0.6 is 24.0 Å². The molecule has 9 nitrogen and oxygen atoms in total. The molecule has 4 rings (SSSR count). The van der Waals surface area contributed by atoms with Crippen LogP contribution in [0.25, 0.3) is 17.4 Å². The molecule has 1 saturated heterocycles. The minimum absolute atomic E-state index is 0.0338. The van der Waals surface area contributed by atoms with Crippen LogP contribution in [0.5, 0.6) is 0 Å². The summed E-state index contributed by atoms with van der Waals surface area (Å²) in [6, 6.07) is 9.60. The van der Waals surface area contributed by atoms with Gasteiger partial charge in [-0.3, -0.25) is 14.5 Å². The molecule has 0 spiro atoms. The van der Waals surface area contributed by atoms with Crippen molar-refractivity contribution in [1.29, 1.82) is 0 Å². The number of thiocarbonyl (C=S) groups is 1. The Kier molecular flexibility index (Phi) is 8.86. The van der Waals surface area contributed by atoms with Crippen molar-refractivity contribution in [2.24, 2.45) is 5.92 Å². The molecular formula is C25H28N2O7S3. The molecule has 1 saturated carbocycles. The fourth-order valence-corrected chi connectivity index (χ4v) is 6.50. The fraction of sp³-hybridized carbons (Fsp3) is 0.400. The molecule has 12 heteroatoms. The number of aliphatic hydroxyl groups excluding tert-OH is 1. The van der Waals surface area contributed by atoms with Crippen molar-refractivity contribution in [3.8, 4) is 11.3 Å². The molecule has 2 N–H and O–H groups in total. The lowest BCUT2D eigenvalue weighted by atomic mass is 9.85. The Morgan fingerprint density at radius 3 is 2.73 bits per heavy atom. The zero-order valence-corrected chi connectivity index (χ0v) is 22.7. The van der Waals surface area contributed by atoms with Crippen LogP contribution in [0.4, 0.5) is 0 Å². The van der Waals surface area contributed by atoms with Gasteiger partial charge in [-0.25, -0.2) is 13.1 Å². The maximum Gasteiger partial charge on any atom is 0.309 e. The summed E-state index contributed by atoms with van der Waals surface area (Å²) in [6.45, 7) is 0.151. The number of thioether (sulfide) groups is 1. The summed E-state index contributed by atoms with van der Waals surface area (Å²) < 4.78 is 37.7. The van der Waals surface area contributed by atoms with Gasteiger partial charge in [-0.15, -0.1) is 0 Å². The molecular weight excluding hydrogens is 536 g/mol. The number of carbonyl (C=O) groups excluding carboxylic acids is 2. The lowest BCUT2D eigenvalue weighted by Gasteiger charge is -2.33. The van der Waals surface area contributed by atoms with Gasteiger partial charge in [-0.05, 0) is 62.7 Å². The summed E-state index contributed by atoms with van der Waals surface area (Å²) in [5.41, 5.74) is 0.696. The third-order valence-corrected chi connectivity index (χ3v) is 9.09. The molecule has 0 bridgehead atoms. The van der Waals surface area contributed by atoms with E-state index >= 15 is 0 Å². The van der Waals surface area contributed by atoms with E-state index in [1.54, 1.807) is 35.2 Å². The summed E-state index contributed by atoms with van der Waals surface area (Å²) in [6.07, 6.45) is 4.78. The molecule has 0 radical (unpaired) electrons. The summed E-state index contributed by atoms with van der Waals surface area (Å²) in [4.78, 5) is 27.8. The van der Waals surface area contributed by atoms with Gasteiger partial charge in [0.05, 0.1) is 22.3 Å². The van der Waals surface area contributed by atoms with Crippen LogP contribution in [0, 0.1) is 5.92 Å². The number of furan rings is 1. The minimum atomic E-state index is -3.53. The Labute approximate surface area is 225 Å². The number of sulfonamides is 1. The number of hydrogen-bond donors (Lipinski definition) is 2. The molecule has 1 aliphatic carbocycles. The van der Waals surface area contributed by atoms with Gasteiger partial charge >= 0.3 is 5.97 Å². The maximum absolute atomic E-state index is 13.2. The van der Waals surface area contributed by atoms with E-state index in [0.29, 0.717) is 45.6 Å². The number of nitrogens with one attached hydrogen (secondary N) is 1. The van der Waals surface area contributed by atoms with Gasteiger partial charge in [-0.1, -0.05) is 30.4 Å². The van der Waals surface area contributed by atoms with E-state index in [9.17, 15) is 18.0 Å². The second-order valence-electron chi connectivity index (χ2n) is 8.75. The van der Waals surface area contributed by atoms with E-state index in [-0.39, 0.29) is 41.9 Å². The lowest BCUT2D eigenvalue weighted by molar-refractivity contribution is -0.151. The van der Waals surface area contributed by atoms with Crippen molar-refractivity contribution in [2.45, 2.75) is 43.0 Å². The first-order valence-corrected chi connectivity index (χ1v) is 14.6. The molecule has 198 valence electrons. The fourth-order valence-electron chi connectivity index (χ4n) is 4.39. The van der Waals surface area contributed by atoms with Crippen molar-refractivity contribution >= 4 is 56.3 Å². The predicted molar refractivity (Wildman–Crippen MR) is 144 cm³/mol. The largest absolute Gasteiger partial charge is 0.465 e. The zero-order valence-electron chi connectivity index (χ0n) is 20.2. The van der Waals surface area contributed by atoms with Crippen molar-refractivity contribution in [3.05, 3.63) is 47.1 Å². The molecule has 1 aromatic heterocycles. The predicted octanol–water partition coefficient (Wildman–Crippen LogP) is 3.54. The third kappa shape index (κ3) is 6.32. The highest BCUT2D eigenvalue weighted by Gasteiger charge is 2.40. The highest BCUT2D eigenvalue weighted by molar-refractivity contribution is 8.26. The van der Waals surface area contributed by atoms with Gasteiger partial charge in [-0.2, -0.15) is 0 Å². The average molecular weight is 565 g/mol. The van der Waals surface area contributed by atoms with Crippen LogP contribution in [0.1, 0.15) is 37.9 Å².